The molecule has 0 unspecified atom stereocenters. The van der Waals surface area contributed by atoms with Gasteiger partial charge in [-0.1, -0.05) is 24.3 Å². The zero-order chi connectivity index (χ0) is 18.9. The molecule has 136 valence electrons. The fourth-order valence-corrected chi connectivity index (χ4v) is 2.38. The third-order valence-electron chi connectivity index (χ3n) is 3.64. The highest BCUT2D eigenvalue weighted by Gasteiger charge is 2.13. The van der Waals surface area contributed by atoms with E-state index in [0.717, 1.165) is 5.56 Å². The molecule has 0 atom stereocenters. The topological polar surface area (TPSA) is 76.7 Å². The minimum absolute atomic E-state index is 0.209. The van der Waals surface area contributed by atoms with Crippen molar-refractivity contribution in [2.75, 3.05) is 26.1 Å². The van der Waals surface area contributed by atoms with Crippen LogP contribution in [-0.2, 0) is 11.2 Å². The summed E-state index contributed by atoms with van der Waals surface area (Å²) >= 11 is 0. The van der Waals surface area contributed by atoms with Gasteiger partial charge in [0.05, 0.1) is 18.4 Å². The van der Waals surface area contributed by atoms with E-state index in [2.05, 4.69) is 17.2 Å². The average molecular weight is 354 g/mol. The lowest BCUT2D eigenvalue weighted by Gasteiger charge is -2.13. The summed E-state index contributed by atoms with van der Waals surface area (Å²) in [6, 6.07) is 12.2. The van der Waals surface area contributed by atoms with Gasteiger partial charge < -0.3 is 20.1 Å². The number of allylic oxidation sites excluding steroid dienone is 1. The van der Waals surface area contributed by atoms with E-state index in [1.807, 2.05) is 12.1 Å². The van der Waals surface area contributed by atoms with E-state index in [1.54, 1.807) is 43.5 Å². The van der Waals surface area contributed by atoms with E-state index in [9.17, 15) is 9.59 Å². The van der Waals surface area contributed by atoms with Crippen molar-refractivity contribution in [3.63, 3.8) is 0 Å². The van der Waals surface area contributed by atoms with Crippen LogP contribution in [0.1, 0.15) is 15.9 Å². The van der Waals surface area contributed by atoms with Crippen LogP contribution in [0, 0.1) is 0 Å². The second-order valence-electron chi connectivity index (χ2n) is 5.44. The minimum Gasteiger partial charge on any atom is -0.493 e. The third-order valence-corrected chi connectivity index (χ3v) is 3.64. The summed E-state index contributed by atoms with van der Waals surface area (Å²) < 4.78 is 10.9. The molecule has 6 nitrogen and oxygen atoms in total. The molecule has 26 heavy (non-hydrogen) atoms. The first-order chi connectivity index (χ1) is 12.6. The van der Waals surface area contributed by atoms with Gasteiger partial charge in [0, 0.05) is 7.05 Å². The molecule has 0 spiro atoms. The van der Waals surface area contributed by atoms with Crippen LogP contribution in [0.4, 0.5) is 5.69 Å². The summed E-state index contributed by atoms with van der Waals surface area (Å²) in [5.41, 5.74) is 1.84. The Balaban J connectivity index is 2.04. The SMILES string of the molecule is C=CCc1ccc(OCC(=O)Nc2ccccc2C(=O)NC)c(OC)c1. The van der Waals surface area contributed by atoms with Crippen molar-refractivity contribution in [2.45, 2.75) is 6.42 Å². The highest BCUT2D eigenvalue weighted by molar-refractivity contribution is 6.03. The predicted molar refractivity (Wildman–Crippen MR) is 101 cm³/mol. The lowest BCUT2D eigenvalue weighted by atomic mass is 10.1. The van der Waals surface area contributed by atoms with Gasteiger partial charge >= 0.3 is 0 Å². The third kappa shape index (κ3) is 4.86. The monoisotopic (exact) mass is 354 g/mol. The van der Waals surface area contributed by atoms with Crippen molar-refractivity contribution < 1.29 is 19.1 Å². The van der Waals surface area contributed by atoms with Gasteiger partial charge in [-0.05, 0) is 36.2 Å². The van der Waals surface area contributed by atoms with Crippen molar-refractivity contribution in [3.05, 3.63) is 66.2 Å². The van der Waals surface area contributed by atoms with Crippen LogP contribution in [0.15, 0.2) is 55.1 Å². The molecule has 0 aliphatic carbocycles. The first-order valence-electron chi connectivity index (χ1n) is 8.10. The molecular formula is C20H22N2O4. The van der Waals surface area contributed by atoms with Crippen LogP contribution in [0.25, 0.3) is 0 Å². The lowest BCUT2D eigenvalue weighted by molar-refractivity contribution is -0.118. The van der Waals surface area contributed by atoms with Crippen LogP contribution in [0.3, 0.4) is 0 Å². The number of rotatable bonds is 8. The van der Waals surface area contributed by atoms with Crippen molar-refractivity contribution in [2.24, 2.45) is 0 Å². The van der Waals surface area contributed by atoms with Crippen molar-refractivity contribution in [1.82, 2.24) is 5.32 Å². The standard InChI is InChI=1S/C20H22N2O4/c1-4-7-14-10-11-17(18(12-14)25-3)26-13-19(23)22-16-9-6-5-8-15(16)20(24)21-2/h4-6,8-12H,1,7,13H2,2-3H3,(H,21,24)(H,22,23). The number of benzene rings is 2. The first-order valence-corrected chi connectivity index (χ1v) is 8.10. The lowest BCUT2D eigenvalue weighted by Crippen LogP contribution is -2.24. The largest absolute Gasteiger partial charge is 0.493 e. The average Bonchev–Trinajstić information content (AvgIpc) is 2.67. The molecular weight excluding hydrogens is 332 g/mol. The van der Waals surface area contributed by atoms with Gasteiger partial charge in [0.25, 0.3) is 11.8 Å². The summed E-state index contributed by atoms with van der Waals surface area (Å²) in [6.07, 6.45) is 2.51. The fourth-order valence-electron chi connectivity index (χ4n) is 2.38. The normalized spacial score (nSPS) is 9.92. The summed E-state index contributed by atoms with van der Waals surface area (Å²) in [4.78, 5) is 24.0. The van der Waals surface area contributed by atoms with Gasteiger partial charge in [0.1, 0.15) is 0 Å². The molecule has 0 bridgehead atoms. The molecule has 2 rings (SSSR count). The molecule has 2 aromatic carbocycles. The highest BCUT2D eigenvalue weighted by atomic mass is 16.5. The van der Waals surface area contributed by atoms with E-state index < -0.39 is 0 Å². The second-order valence-corrected chi connectivity index (χ2v) is 5.44. The van der Waals surface area contributed by atoms with Crippen LogP contribution < -0.4 is 20.1 Å². The second kappa shape index (κ2) is 9.27. The quantitative estimate of drug-likeness (QED) is 0.715. The fraction of sp³-hybridized carbons (Fsp3) is 0.200. The molecule has 0 fully saturated rings. The molecule has 0 aliphatic heterocycles. The number of nitrogens with one attached hydrogen (secondary N) is 2. The van der Waals surface area contributed by atoms with Crippen LogP contribution in [-0.4, -0.2) is 32.6 Å². The maximum atomic E-state index is 12.2. The highest BCUT2D eigenvalue weighted by Crippen LogP contribution is 2.28. The van der Waals surface area contributed by atoms with Crippen LogP contribution >= 0.6 is 0 Å². The van der Waals surface area contributed by atoms with Gasteiger partial charge in [0.2, 0.25) is 0 Å². The summed E-state index contributed by atoms with van der Waals surface area (Å²) in [5, 5.41) is 5.22. The molecule has 0 aliphatic rings. The number of para-hydroxylation sites is 1. The Hall–Kier alpha value is -3.28. The van der Waals surface area contributed by atoms with E-state index in [-0.39, 0.29) is 18.4 Å². The zero-order valence-corrected chi connectivity index (χ0v) is 14.9. The van der Waals surface area contributed by atoms with E-state index in [4.69, 9.17) is 9.47 Å². The van der Waals surface area contributed by atoms with Crippen LogP contribution in [0.5, 0.6) is 11.5 Å². The summed E-state index contributed by atoms with van der Waals surface area (Å²) in [6.45, 7) is 3.50. The Bertz CT molecular complexity index is 802. The Morgan fingerprint density at radius 2 is 1.92 bits per heavy atom. The molecule has 2 aromatic rings. The van der Waals surface area contributed by atoms with Crippen molar-refractivity contribution in [1.29, 1.82) is 0 Å². The molecule has 6 heteroatoms. The Kier molecular flexibility index (Phi) is 6.79. The Labute approximate surface area is 152 Å². The van der Waals surface area contributed by atoms with E-state index in [1.165, 1.54) is 7.05 Å². The van der Waals surface area contributed by atoms with Gasteiger partial charge in [-0.15, -0.1) is 6.58 Å². The number of amides is 2. The van der Waals surface area contributed by atoms with Gasteiger partial charge in [-0.2, -0.15) is 0 Å². The van der Waals surface area contributed by atoms with Gasteiger partial charge in [-0.3, -0.25) is 9.59 Å². The van der Waals surface area contributed by atoms with E-state index in [0.29, 0.717) is 29.2 Å². The Morgan fingerprint density at radius 3 is 2.62 bits per heavy atom. The molecule has 0 saturated carbocycles. The zero-order valence-electron chi connectivity index (χ0n) is 14.9. The predicted octanol–water partition coefficient (Wildman–Crippen LogP) is 2.80. The molecule has 0 heterocycles. The summed E-state index contributed by atoms with van der Waals surface area (Å²) in [5.74, 6) is 0.359. The number of carbonyl (C=O) groups excluding carboxylic acids is 2. The van der Waals surface area contributed by atoms with Gasteiger partial charge in [-0.25, -0.2) is 0 Å². The molecule has 2 amide bonds. The van der Waals surface area contributed by atoms with E-state index >= 15 is 0 Å². The maximum Gasteiger partial charge on any atom is 0.262 e. The number of methoxy groups -OCH3 is 1. The van der Waals surface area contributed by atoms with Crippen LogP contribution in [0.2, 0.25) is 0 Å². The minimum atomic E-state index is -0.376. The Morgan fingerprint density at radius 1 is 1.15 bits per heavy atom. The number of ether oxygens (including phenoxy) is 2. The number of anilines is 1. The maximum absolute atomic E-state index is 12.2. The van der Waals surface area contributed by atoms with Crippen molar-refractivity contribution >= 4 is 17.5 Å². The molecule has 0 aromatic heterocycles. The first kappa shape index (κ1) is 19.1. The van der Waals surface area contributed by atoms with Gasteiger partial charge in [0.15, 0.2) is 18.1 Å². The smallest absolute Gasteiger partial charge is 0.262 e. The number of hydrogen-bond donors (Lipinski definition) is 2. The molecule has 0 saturated heterocycles. The van der Waals surface area contributed by atoms with Crippen molar-refractivity contribution in [3.8, 4) is 11.5 Å². The number of hydrogen-bond acceptors (Lipinski definition) is 4. The molecule has 2 N–H and O–H groups in total. The summed E-state index contributed by atoms with van der Waals surface area (Å²) in [7, 11) is 3.08. The number of carbonyl (C=O) groups is 2. The molecule has 0 radical (unpaired) electrons.